The number of rotatable bonds is 5. The zero-order valence-electron chi connectivity index (χ0n) is 20.7. The predicted octanol–water partition coefficient (Wildman–Crippen LogP) is 3.58. The molecule has 1 aromatic carbocycles. The van der Waals surface area contributed by atoms with E-state index in [1.165, 1.54) is 5.56 Å². The summed E-state index contributed by atoms with van der Waals surface area (Å²) in [6, 6.07) is 11.3. The number of nitrogens with two attached hydrogens (primary N) is 1. The van der Waals surface area contributed by atoms with E-state index in [0.717, 1.165) is 76.0 Å². The van der Waals surface area contributed by atoms with Gasteiger partial charge in [0.25, 0.3) is 5.91 Å². The Morgan fingerprint density at radius 2 is 1.77 bits per heavy atom. The minimum Gasteiger partial charge on any atom is -0.393 e. The number of nitrogens with zero attached hydrogens (tertiary/aromatic N) is 2. The average molecular weight is 479 g/mol. The van der Waals surface area contributed by atoms with Gasteiger partial charge in [-0.25, -0.2) is 4.98 Å². The van der Waals surface area contributed by atoms with Crippen molar-refractivity contribution in [2.24, 2.45) is 5.92 Å². The molecule has 1 saturated carbocycles. The number of benzene rings is 1. The molecule has 2 unspecified atom stereocenters. The summed E-state index contributed by atoms with van der Waals surface area (Å²) in [4.78, 5) is 19.9. The number of ether oxygens (including phenoxy) is 1. The second kappa shape index (κ2) is 10.6. The summed E-state index contributed by atoms with van der Waals surface area (Å²) in [7, 11) is 0. The van der Waals surface area contributed by atoms with Gasteiger partial charge in [0.05, 0.1) is 11.7 Å². The number of hydrogen-bond acceptors (Lipinski definition) is 6. The lowest BCUT2D eigenvalue weighted by Gasteiger charge is -2.31. The number of amides is 1. The Hall–Kier alpha value is -2.48. The molecule has 7 nitrogen and oxygen atoms in total. The van der Waals surface area contributed by atoms with Crippen LogP contribution in [0.4, 0.5) is 5.82 Å². The molecular weight excluding hydrogens is 440 g/mol. The number of hydrogen-bond donors (Lipinski definition) is 3. The van der Waals surface area contributed by atoms with Crippen LogP contribution < -0.4 is 11.1 Å². The first-order valence-corrected chi connectivity index (χ1v) is 13.1. The molecule has 1 amide bonds. The number of nitrogens with one attached hydrogen (secondary N) is 1. The Bertz CT molecular complexity index is 1010. The van der Waals surface area contributed by atoms with Crippen LogP contribution in [0.15, 0.2) is 36.5 Å². The van der Waals surface area contributed by atoms with Crippen LogP contribution in [-0.4, -0.2) is 65.4 Å². The summed E-state index contributed by atoms with van der Waals surface area (Å²) in [5.41, 5.74) is 9.77. The monoisotopic (exact) mass is 478 g/mol. The Labute approximate surface area is 208 Å². The number of aliphatic hydroxyl groups is 1. The van der Waals surface area contributed by atoms with Gasteiger partial charge in [-0.05, 0) is 61.6 Å². The third-order valence-corrected chi connectivity index (χ3v) is 8.22. The molecule has 0 radical (unpaired) electrons. The van der Waals surface area contributed by atoms with Gasteiger partial charge in [-0.3, -0.25) is 9.69 Å². The number of nitrogen functional groups attached to an aromatic ring is 1. The number of carbonyl (C=O) groups excluding carboxylic acids is 1. The molecule has 2 aromatic rings. The van der Waals surface area contributed by atoms with Crippen molar-refractivity contribution in [3.8, 4) is 11.1 Å². The van der Waals surface area contributed by atoms with E-state index in [1.807, 2.05) is 6.07 Å². The quantitative estimate of drug-likeness (QED) is 0.607. The summed E-state index contributed by atoms with van der Waals surface area (Å²) in [5.74, 6) is 1.21. The molecule has 5 rings (SSSR count). The van der Waals surface area contributed by atoms with Crippen molar-refractivity contribution in [1.82, 2.24) is 15.2 Å². The summed E-state index contributed by atoms with van der Waals surface area (Å²) in [6.07, 6.45) is 6.78. The predicted molar refractivity (Wildman–Crippen MR) is 137 cm³/mol. The molecule has 2 saturated heterocycles. The van der Waals surface area contributed by atoms with Gasteiger partial charge in [0.2, 0.25) is 0 Å². The SMILES string of the molecule is CC1CN(C2CCOCC2)CC1c1ccc(-c2cnc(N)c(C(=O)N[C@H]3CC[C@@H](O)CC3)c2)cc1. The van der Waals surface area contributed by atoms with Gasteiger partial charge in [-0.15, -0.1) is 0 Å². The van der Waals surface area contributed by atoms with Crippen molar-refractivity contribution in [2.45, 2.75) is 69.6 Å². The fourth-order valence-corrected chi connectivity index (χ4v) is 6.01. The van der Waals surface area contributed by atoms with Crippen molar-refractivity contribution in [1.29, 1.82) is 0 Å². The molecule has 3 aliphatic rings. The first-order valence-electron chi connectivity index (χ1n) is 13.1. The lowest BCUT2D eigenvalue weighted by molar-refractivity contribution is 0.0411. The molecule has 3 heterocycles. The van der Waals surface area contributed by atoms with Crippen LogP contribution in [0, 0.1) is 5.92 Å². The fraction of sp³-hybridized carbons (Fsp3) is 0.571. The van der Waals surface area contributed by atoms with Crippen LogP contribution >= 0.6 is 0 Å². The Balaban J connectivity index is 1.26. The molecule has 188 valence electrons. The van der Waals surface area contributed by atoms with Crippen molar-refractivity contribution in [3.05, 3.63) is 47.7 Å². The molecule has 2 atom stereocenters. The summed E-state index contributed by atoms with van der Waals surface area (Å²) < 4.78 is 5.55. The van der Waals surface area contributed by atoms with Crippen LogP contribution in [0.5, 0.6) is 0 Å². The van der Waals surface area contributed by atoms with Gasteiger partial charge >= 0.3 is 0 Å². The minimum atomic E-state index is -0.252. The second-order valence-electron chi connectivity index (χ2n) is 10.6. The third-order valence-electron chi connectivity index (χ3n) is 8.22. The van der Waals surface area contributed by atoms with E-state index in [-0.39, 0.29) is 23.9 Å². The fourth-order valence-electron chi connectivity index (χ4n) is 6.01. The first kappa shape index (κ1) is 24.2. The van der Waals surface area contributed by atoms with Crippen molar-refractivity contribution in [3.63, 3.8) is 0 Å². The molecule has 35 heavy (non-hydrogen) atoms. The maximum atomic E-state index is 12.9. The second-order valence-corrected chi connectivity index (χ2v) is 10.6. The highest BCUT2D eigenvalue weighted by molar-refractivity contribution is 5.99. The largest absolute Gasteiger partial charge is 0.393 e. The smallest absolute Gasteiger partial charge is 0.255 e. The van der Waals surface area contributed by atoms with Gasteiger partial charge in [0.1, 0.15) is 5.82 Å². The highest BCUT2D eigenvalue weighted by Crippen LogP contribution is 2.36. The van der Waals surface area contributed by atoms with Gasteiger partial charge in [0, 0.05) is 56.1 Å². The molecule has 1 aliphatic carbocycles. The summed E-state index contributed by atoms with van der Waals surface area (Å²) in [5, 5.41) is 12.8. The zero-order chi connectivity index (χ0) is 24.4. The van der Waals surface area contributed by atoms with Gasteiger partial charge in [0.15, 0.2) is 0 Å². The number of anilines is 1. The first-order chi connectivity index (χ1) is 17.0. The van der Waals surface area contributed by atoms with Crippen molar-refractivity contribution in [2.75, 3.05) is 32.0 Å². The molecule has 4 N–H and O–H groups in total. The summed E-state index contributed by atoms with van der Waals surface area (Å²) >= 11 is 0. The molecule has 7 heteroatoms. The van der Waals surface area contributed by atoms with E-state index < -0.39 is 0 Å². The molecule has 2 aliphatic heterocycles. The number of aliphatic hydroxyl groups excluding tert-OH is 1. The van der Waals surface area contributed by atoms with Crippen LogP contribution in [0.2, 0.25) is 0 Å². The van der Waals surface area contributed by atoms with E-state index in [4.69, 9.17) is 10.5 Å². The lowest BCUT2D eigenvalue weighted by Crippen LogP contribution is -2.38. The number of aromatic nitrogens is 1. The van der Waals surface area contributed by atoms with Gasteiger partial charge in [-0.1, -0.05) is 31.2 Å². The van der Waals surface area contributed by atoms with Crippen LogP contribution in [-0.2, 0) is 4.74 Å². The minimum absolute atomic E-state index is 0.0716. The number of carbonyl (C=O) groups is 1. The van der Waals surface area contributed by atoms with Gasteiger partial charge < -0.3 is 20.9 Å². The van der Waals surface area contributed by atoms with Crippen LogP contribution in [0.1, 0.15) is 67.3 Å². The third kappa shape index (κ3) is 5.52. The van der Waals surface area contributed by atoms with E-state index >= 15 is 0 Å². The Morgan fingerprint density at radius 1 is 1.06 bits per heavy atom. The maximum absolute atomic E-state index is 12.9. The van der Waals surface area contributed by atoms with Crippen LogP contribution in [0.25, 0.3) is 11.1 Å². The highest BCUT2D eigenvalue weighted by atomic mass is 16.5. The standard InChI is InChI=1S/C28H38N4O3/c1-18-16-32(23-10-12-35-13-11-23)17-26(18)20-4-2-19(3-5-20)21-14-25(27(29)30-15-21)28(34)31-22-6-8-24(33)9-7-22/h2-5,14-15,18,22-24,26,33H,6-13,16-17H2,1H3,(H2,29,30)(H,31,34)/t18?,22-,24+,26?. The summed E-state index contributed by atoms with van der Waals surface area (Å²) in [6.45, 7) is 6.39. The highest BCUT2D eigenvalue weighted by Gasteiger charge is 2.35. The Morgan fingerprint density at radius 3 is 2.49 bits per heavy atom. The van der Waals surface area contributed by atoms with E-state index in [9.17, 15) is 9.90 Å². The van der Waals surface area contributed by atoms with E-state index in [2.05, 4.69) is 46.4 Å². The number of likely N-dealkylation sites (tertiary alicyclic amines) is 1. The normalized spacial score (nSPS) is 28.2. The van der Waals surface area contributed by atoms with E-state index in [0.29, 0.717) is 23.4 Å². The zero-order valence-corrected chi connectivity index (χ0v) is 20.7. The van der Waals surface area contributed by atoms with Crippen LogP contribution in [0.3, 0.4) is 0 Å². The lowest BCUT2D eigenvalue weighted by atomic mass is 9.89. The average Bonchev–Trinajstić information content (AvgIpc) is 3.28. The molecule has 1 aromatic heterocycles. The number of pyridine rings is 1. The van der Waals surface area contributed by atoms with Gasteiger partial charge in [-0.2, -0.15) is 0 Å². The molecule has 3 fully saturated rings. The van der Waals surface area contributed by atoms with Crippen molar-refractivity contribution >= 4 is 11.7 Å². The molecular formula is C28H38N4O3. The topological polar surface area (TPSA) is 101 Å². The maximum Gasteiger partial charge on any atom is 0.255 e. The Kier molecular flexibility index (Phi) is 7.37. The molecule has 0 bridgehead atoms. The van der Waals surface area contributed by atoms with Crippen molar-refractivity contribution < 1.29 is 14.6 Å². The van der Waals surface area contributed by atoms with E-state index in [1.54, 1.807) is 6.20 Å². The molecule has 0 spiro atoms.